The van der Waals surface area contributed by atoms with E-state index in [9.17, 15) is 10.2 Å². The molecule has 0 aliphatic heterocycles. The molecular weight excluding hydrogens is 246 g/mol. The molecule has 2 N–H and O–H groups in total. The molecule has 0 radical (unpaired) electrons. The molecule has 0 saturated carbocycles. The van der Waals surface area contributed by atoms with Gasteiger partial charge in [0.15, 0.2) is 11.5 Å². The van der Waals surface area contributed by atoms with Gasteiger partial charge in [-0.05, 0) is 30.5 Å². The minimum Gasteiger partial charge on any atom is -0.504 e. The minimum absolute atomic E-state index is 0. The Morgan fingerprint density at radius 2 is 1.79 bits per heavy atom. The van der Waals surface area contributed by atoms with Crippen molar-refractivity contribution in [3.8, 4) is 11.5 Å². The van der Waals surface area contributed by atoms with Crippen molar-refractivity contribution in [2.45, 2.75) is 6.92 Å². The summed E-state index contributed by atoms with van der Waals surface area (Å²) in [6.07, 6.45) is 1.67. The maximum absolute atomic E-state index is 9.26. The number of nitrogens with zero attached hydrogens (tertiary/aromatic N) is 1. The van der Waals surface area contributed by atoms with Gasteiger partial charge in [-0.1, -0.05) is 0 Å². The Hall–Kier alpha value is -1.29. The van der Waals surface area contributed by atoms with Crippen LogP contribution in [0.1, 0.15) is 5.69 Å². The van der Waals surface area contributed by atoms with Crippen LogP contribution in [0.2, 0.25) is 0 Å². The van der Waals surface area contributed by atoms with E-state index in [4.69, 9.17) is 0 Å². The van der Waals surface area contributed by atoms with Gasteiger partial charge < -0.3 is 10.2 Å². The van der Waals surface area contributed by atoms with Crippen molar-refractivity contribution < 1.29 is 10.2 Å². The predicted octanol–water partition coefficient (Wildman–Crippen LogP) is 2.53. The normalized spacial score (nSPS) is 9.79. The zero-order valence-electron chi connectivity index (χ0n) is 7.56. The van der Waals surface area contributed by atoms with Crippen LogP contribution < -0.4 is 0 Å². The summed E-state index contributed by atoms with van der Waals surface area (Å²) in [6, 6.07) is 4.84. The summed E-state index contributed by atoms with van der Waals surface area (Å²) < 4.78 is 0. The molecule has 0 fully saturated rings. The predicted molar refractivity (Wildman–Crippen MR) is 60.1 cm³/mol. The van der Waals surface area contributed by atoms with Gasteiger partial charge in [-0.25, -0.2) is 0 Å². The molecule has 3 nitrogen and oxygen atoms in total. The molecule has 14 heavy (non-hydrogen) atoms. The monoisotopic (exact) mass is 255 g/mol. The number of fused-ring (bicyclic) bond motifs is 1. The second kappa shape index (κ2) is 3.84. The van der Waals surface area contributed by atoms with E-state index in [2.05, 4.69) is 4.98 Å². The maximum Gasteiger partial charge on any atom is 0.158 e. The van der Waals surface area contributed by atoms with Crippen LogP contribution in [0.5, 0.6) is 11.5 Å². The molecular formula is C10H10BrNO2. The molecule has 0 aliphatic carbocycles. The van der Waals surface area contributed by atoms with Crippen molar-refractivity contribution in [3.63, 3.8) is 0 Å². The molecule has 1 aromatic carbocycles. The van der Waals surface area contributed by atoms with E-state index in [0.717, 1.165) is 16.5 Å². The lowest BCUT2D eigenvalue weighted by Crippen LogP contribution is -1.82. The van der Waals surface area contributed by atoms with Gasteiger partial charge in [0.1, 0.15) is 0 Å². The average molecular weight is 256 g/mol. The zero-order valence-corrected chi connectivity index (χ0v) is 9.27. The largest absolute Gasteiger partial charge is 0.504 e. The fourth-order valence-electron chi connectivity index (χ4n) is 1.34. The van der Waals surface area contributed by atoms with Crippen LogP contribution in [0.25, 0.3) is 10.8 Å². The van der Waals surface area contributed by atoms with Crippen LogP contribution in [0.4, 0.5) is 0 Å². The number of phenolic OH excluding ortho intramolecular Hbond substituents is 2. The highest BCUT2D eigenvalue weighted by Gasteiger charge is 2.03. The molecule has 1 aromatic heterocycles. The van der Waals surface area contributed by atoms with Crippen molar-refractivity contribution >= 4 is 27.8 Å². The first kappa shape index (κ1) is 10.8. The van der Waals surface area contributed by atoms with Crippen LogP contribution in [0, 0.1) is 6.92 Å². The molecule has 74 valence electrons. The number of hydrogen-bond acceptors (Lipinski definition) is 3. The summed E-state index contributed by atoms with van der Waals surface area (Å²) in [5.74, 6) is -0.207. The Morgan fingerprint density at radius 1 is 1.14 bits per heavy atom. The number of rotatable bonds is 0. The van der Waals surface area contributed by atoms with Gasteiger partial charge in [0, 0.05) is 17.3 Å². The Bertz CT molecular complexity index is 471. The number of phenols is 2. The highest BCUT2D eigenvalue weighted by Crippen LogP contribution is 2.30. The number of benzene rings is 1. The molecule has 0 aliphatic rings. The lowest BCUT2D eigenvalue weighted by atomic mass is 10.1. The third-order valence-electron chi connectivity index (χ3n) is 2.06. The van der Waals surface area contributed by atoms with Gasteiger partial charge in [0.05, 0.1) is 0 Å². The van der Waals surface area contributed by atoms with E-state index in [1.165, 1.54) is 12.1 Å². The fraction of sp³-hybridized carbons (Fsp3) is 0.100. The summed E-state index contributed by atoms with van der Waals surface area (Å²) in [6.45, 7) is 1.86. The Balaban J connectivity index is 0.000000980. The van der Waals surface area contributed by atoms with Crippen LogP contribution >= 0.6 is 17.0 Å². The second-order valence-corrected chi connectivity index (χ2v) is 2.96. The summed E-state index contributed by atoms with van der Waals surface area (Å²) in [5, 5.41) is 20.2. The SMILES string of the molecule is Br.Cc1nccc2cc(O)c(O)cc12. The van der Waals surface area contributed by atoms with Gasteiger partial charge in [-0.3, -0.25) is 4.98 Å². The Labute approximate surface area is 91.8 Å². The second-order valence-electron chi connectivity index (χ2n) is 2.96. The average Bonchev–Trinajstić information content (AvgIpc) is 2.09. The van der Waals surface area contributed by atoms with Gasteiger partial charge in [0.25, 0.3) is 0 Å². The van der Waals surface area contributed by atoms with Crippen LogP contribution in [-0.2, 0) is 0 Å². The van der Waals surface area contributed by atoms with Gasteiger partial charge in [-0.2, -0.15) is 0 Å². The zero-order chi connectivity index (χ0) is 9.42. The first-order valence-electron chi connectivity index (χ1n) is 3.96. The van der Waals surface area contributed by atoms with Gasteiger partial charge >= 0.3 is 0 Å². The molecule has 2 rings (SSSR count). The lowest BCUT2D eigenvalue weighted by molar-refractivity contribution is 0.405. The summed E-state index contributed by atoms with van der Waals surface area (Å²) in [5.41, 5.74) is 0.841. The smallest absolute Gasteiger partial charge is 0.158 e. The van der Waals surface area contributed by atoms with Crippen LogP contribution in [-0.4, -0.2) is 15.2 Å². The number of halogens is 1. The summed E-state index contributed by atoms with van der Waals surface area (Å²) in [7, 11) is 0. The van der Waals surface area contributed by atoms with E-state index >= 15 is 0 Å². The number of aryl methyl sites for hydroxylation is 1. The first-order chi connectivity index (χ1) is 6.18. The van der Waals surface area contributed by atoms with Crippen molar-refractivity contribution in [1.29, 1.82) is 0 Å². The van der Waals surface area contributed by atoms with E-state index in [0.29, 0.717) is 0 Å². The highest BCUT2D eigenvalue weighted by molar-refractivity contribution is 8.93. The molecule has 0 atom stereocenters. The molecule has 4 heteroatoms. The van der Waals surface area contributed by atoms with Crippen molar-refractivity contribution in [3.05, 3.63) is 30.1 Å². The van der Waals surface area contributed by atoms with Crippen molar-refractivity contribution in [2.75, 3.05) is 0 Å². The third-order valence-corrected chi connectivity index (χ3v) is 2.06. The van der Waals surface area contributed by atoms with E-state index in [1.54, 1.807) is 12.3 Å². The van der Waals surface area contributed by atoms with Crippen LogP contribution in [0.15, 0.2) is 24.4 Å². The molecule has 1 heterocycles. The van der Waals surface area contributed by atoms with E-state index < -0.39 is 0 Å². The van der Waals surface area contributed by atoms with E-state index in [1.807, 2.05) is 6.92 Å². The molecule has 0 unspecified atom stereocenters. The fourth-order valence-corrected chi connectivity index (χ4v) is 1.34. The Kier molecular flexibility index (Phi) is 2.96. The minimum atomic E-state index is -0.108. The summed E-state index contributed by atoms with van der Waals surface area (Å²) in [4.78, 5) is 4.09. The first-order valence-corrected chi connectivity index (χ1v) is 3.96. The maximum atomic E-state index is 9.26. The molecule has 0 amide bonds. The third kappa shape index (κ3) is 1.65. The molecule has 2 aromatic rings. The summed E-state index contributed by atoms with van der Waals surface area (Å²) >= 11 is 0. The molecule has 0 bridgehead atoms. The molecule has 0 spiro atoms. The molecule has 0 saturated heterocycles. The van der Waals surface area contributed by atoms with E-state index in [-0.39, 0.29) is 28.5 Å². The van der Waals surface area contributed by atoms with Crippen molar-refractivity contribution in [2.24, 2.45) is 0 Å². The van der Waals surface area contributed by atoms with Crippen LogP contribution in [0.3, 0.4) is 0 Å². The van der Waals surface area contributed by atoms with Gasteiger partial charge in [-0.15, -0.1) is 17.0 Å². The van der Waals surface area contributed by atoms with Crippen molar-refractivity contribution in [1.82, 2.24) is 4.98 Å². The number of hydrogen-bond donors (Lipinski definition) is 2. The number of pyridine rings is 1. The standard InChI is InChI=1S/C10H9NO2.BrH/c1-6-8-5-10(13)9(12)4-7(8)2-3-11-6;/h2-5,12-13H,1H3;1H. The Morgan fingerprint density at radius 3 is 2.50 bits per heavy atom. The topological polar surface area (TPSA) is 53.4 Å². The highest BCUT2D eigenvalue weighted by atomic mass is 79.9. The number of aromatic hydroxyl groups is 2. The lowest BCUT2D eigenvalue weighted by Gasteiger charge is -2.03. The quantitative estimate of drug-likeness (QED) is 0.712. The number of aromatic nitrogens is 1. The van der Waals surface area contributed by atoms with Gasteiger partial charge in [0.2, 0.25) is 0 Å².